The quantitative estimate of drug-likeness (QED) is 0.652. The summed E-state index contributed by atoms with van der Waals surface area (Å²) in [5, 5.41) is 0. The Kier molecular flexibility index (Phi) is 4.70. The van der Waals surface area contributed by atoms with Crippen LogP contribution in [0, 0.1) is 6.92 Å². The van der Waals surface area contributed by atoms with Gasteiger partial charge in [0.25, 0.3) is 0 Å². The van der Waals surface area contributed by atoms with Gasteiger partial charge in [0.1, 0.15) is 5.75 Å². The van der Waals surface area contributed by atoms with Crippen molar-refractivity contribution in [3.8, 4) is 11.4 Å². The molecular weight excluding hydrogens is 381 g/mol. The number of methoxy groups -OCH3 is 1. The molecule has 4 rings (SSSR count). The van der Waals surface area contributed by atoms with Crippen molar-refractivity contribution in [3.05, 3.63) is 77.4 Å². The maximum atomic E-state index is 13.0. The first-order valence-corrected chi connectivity index (χ1v) is 8.84. The molecule has 0 aliphatic carbocycles. The second-order valence-corrected chi connectivity index (χ2v) is 6.59. The summed E-state index contributed by atoms with van der Waals surface area (Å²) < 4.78 is 46.3. The van der Waals surface area contributed by atoms with E-state index in [9.17, 15) is 13.2 Å². The molecule has 0 amide bonds. The van der Waals surface area contributed by atoms with Crippen LogP contribution in [0.1, 0.15) is 22.4 Å². The normalized spacial score (nSPS) is 14.0. The minimum atomic E-state index is -4.40. The number of halogens is 3. The van der Waals surface area contributed by atoms with E-state index in [1.54, 1.807) is 19.5 Å². The van der Waals surface area contributed by atoms with Crippen molar-refractivity contribution in [2.45, 2.75) is 13.1 Å². The number of aliphatic imine (C=N–C) groups is 2. The van der Waals surface area contributed by atoms with Gasteiger partial charge in [-0.15, -0.1) is 0 Å². The summed E-state index contributed by atoms with van der Waals surface area (Å²) in [5.41, 5.74) is 2.64. The molecule has 148 valence electrons. The lowest BCUT2D eigenvalue weighted by atomic mass is 10.1. The number of hydrogen-bond donors (Lipinski definition) is 0. The first-order chi connectivity index (χ1) is 13.8. The molecule has 8 heteroatoms. The summed E-state index contributed by atoms with van der Waals surface area (Å²) >= 11 is 0. The van der Waals surface area contributed by atoms with Crippen molar-refractivity contribution < 1.29 is 17.9 Å². The first kappa shape index (κ1) is 18.9. The molecular formula is C21H17F3N4O. The summed E-state index contributed by atoms with van der Waals surface area (Å²) in [6.45, 7) is 2.12. The Morgan fingerprint density at radius 3 is 2.59 bits per heavy atom. The van der Waals surface area contributed by atoms with E-state index in [1.807, 2.05) is 35.9 Å². The van der Waals surface area contributed by atoms with E-state index in [-0.39, 0.29) is 6.54 Å². The van der Waals surface area contributed by atoms with Crippen LogP contribution in [0.3, 0.4) is 0 Å². The third kappa shape index (κ3) is 3.78. The number of benzene rings is 2. The highest BCUT2D eigenvalue weighted by molar-refractivity contribution is 6.17. The van der Waals surface area contributed by atoms with Crippen LogP contribution in [0.2, 0.25) is 0 Å². The fourth-order valence-corrected chi connectivity index (χ4v) is 3.12. The van der Waals surface area contributed by atoms with Crippen LogP contribution in [0.5, 0.6) is 5.75 Å². The fraction of sp³-hybridized carbons (Fsp3) is 0.190. The van der Waals surface area contributed by atoms with Gasteiger partial charge in [0.05, 0.1) is 42.6 Å². The minimum absolute atomic E-state index is 0.224. The molecule has 0 unspecified atom stereocenters. The molecule has 0 saturated carbocycles. The summed E-state index contributed by atoms with van der Waals surface area (Å²) in [4.78, 5) is 13.1. The van der Waals surface area contributed by atoms with Gasteiger partial charge in [-0.05, 0) is 42.8 Å². The number of ether oxygens (including phenoxy) is 1. The second kappa shape index (κ2) is 7.20. The molecule has 0 radical (unpaired) electrons. The number of amidine groups is 1. The van der Waals surface area contributed by atoms with Gasteiger partial charge >= 0.3 is 6.18 Å². The summed E-state index contributed by atoms with van der Waals surface area (Å²) in [6, 6.07) is 10.7. The fourth-order valence-electron chi connectivity index (χ4n) is 3.12. The Balaban J connectivity index is 1.64. The zero-order valence-corrected chi connectivity index (χ0v) is 15.7. The van der Waals surface area contributed by atoms with Gasteiger partial charge < -0.3 is 9.30 Å². The molecule has 1 aliphatic heterocycles. The zero-order valence-electron chi connectivity index (χ0n) is 15.7. The monoisotopic (exact) mass is 398 g/mol. The number of rotatable bonds is 4. The molecule has 0 spiro atoms. The predicted octanol–water partition coefficient (Wildman–Crippen LogP) is 4.46. The number of aromatic nitrogens is 2. The molecule has 3 aromatic rings. The van der Waals surface area contributed by atoms with Gasteiger partial charge in [-0.3, -0.25) is 4.99 Å². The van der Waals surface area contributed by atoms with Crippen molar-refractivity contribution in [3.63, 3.8) is 0 Å². The van der Waals surface area contributed by atoms with Crippen LogP contribution in [0.15, 0.2) is 65.0 Å². The molecule has 1 aromatic heterocycles. The first-order valence-electron chi connectivity index (χ1n) is 8.84. The minimum Gasteiger partial charge on any atom is -0.495 e. The van der Waals surface area contributed by atoms with Gasteiger partial charge in [0, 0.05) is 11.8 Å². The SMILES string of the molecule is COc1cc(C2=NCC(c3cccc(C(F)(F)F)c3)=N2)ccc1-n1cnc(C)c1. The largest absolute Gasteiger partial charge is 0.495 e. The van der Waals surface area contributed by atoms with Crippen molar-refractivity contribution in [2.24, 2.45) is 9.98 Å². The summed E-state index contributed by atoms with van der Waals surface area (Å²) in [7, 11) is 1.57. The average molecular weight is 398 g/mol. The van der Waals surface area contributed by atoms with E-state index in [4.69, 9.17) is 4.74 Å². The molecule has 5 nitrogen and oxygen atoms in total. The Bertz CT molecular complexity index is 1130. The smallest absolute Gasteiger partial charge is 0.416 e. The van der Waals surface area contributed by atoms with E-state index >= 15 is 0 Å². The molecule has 1 aliphatic rings. The maximum absolute atomic E-state index is 13.0. The van der Waals surface area contributed by atoms with Crippen molar-refractivity contribution >= 4 is 11.5 Å². The number of alkyl halides is 3. The Labute approximate surface area is 165 Å². The van der Waals surface area contributed by atoms with Crippen LogP contribution in [-0.2, 0) is 6.18 Å². The molecule has 29 heavy (non-hydrogen) atoms. The number of imidazole rings is 1. The predicted molar refractivity (Wildman–Crippen MR) is 104 cm³/mol. The van der Waals surface area contributed by atoms with Crippen LogP contribution < -0.4 is 4.74 Å². The lowest BCUT2D eigenvalue weighted by Crippen LogP contribution is -2.08. The van der Waals surface area contributed by atoms with Gasteiger partial charge in [0.2, 0.25) is 0 Å². The molecule has 0 fully saturated rings. The third-order valence-corrected chi connectivity index (χ3v) is 4.57. The summed E-state index contributed by atoms with van der Waals surface area (Å²) in [5.74, 6) is 1.08. The van der Waals surface area contributed by atoms with E-state index in [2.05, 4.69) is 15.0 Å². The Morgan fingerprint density at radius 1 is 1.07 bits per heavy atom. The molecule has 2 aromatic carbocycles. The highest BCUT2D eigenvalue weighted by Gasteiger charge is 2.31. The van der Waals surface area contributed by atoms with E-state index in [1.165, 1.54) is 6.07 Å². The van der Waals surface area contributed by atoms with Crippen molar-refractivity contribution in [2.75, 3.05) is 13.7 Å². The number of aryl methyl sites for hydroxylation is 1. The third-order valence-electron chi connectivity index (χ3n) is 4.57. The van der Waals surface area contributed by atoms with Crippen LogP contribution >= 0.6 is 0 Å². The highest BCUT2D eigenvalue weighted by Crippen LogP contribution is 2.30. The van der Waals surface area contributed by atoms with E-state index < -0.39 is 11.7 Å². The maximum Gasteiger partial charge on any atom is 0.416 e. The lowest BCUT2D eigenvalue weighted by molar-refractivity contribution is -0.137. The Morgan fingerprint density at radius 2 is 1.90 bits per heavy atom. The van der Waals surface area contributed by atoms with Crippen molar-refractivity contribution in [1.29, 1.82) is 0 Å². The standard InChI is InChI=1S/C21H17F3N4O/c1-13-11-28(12-26-13)18-7-6-15(9-19(18)29-2)20-25-10-17(27-20)14-4-3-5-16(8-14)21(22,23)24/h3-9,11-12H,10H2,1-2H3. The lowest BCUT2D eigenvalue weighted by Gasteiger charge is -2.10. The molecule has 0 atom stereocenters. The van der Waals surface area contributed by atoms with Gasteiger partial charge in [-0.1, -0.05) is 12.1 Å². The average Bonchev–Trinajstić information content (AvgIpc) is 3.36. The van der Waals surface area contributed by atoms with Gasteiger partial charge in [0.15, 0.2) is 5.84 Å². The molecule has 0 N–H and O–H groups in total. The Hall–Kier alpha value is -3.42. The van der Waals surface area contributed by atoms with Crippen LogP contribution in [-0.4, -0.2) is 34.8 Å². The van der Waals surface area contributed by atoms with E-state index in [0.717, 1.165) is 29.1 Å². The number of hydrogen-bond acceptors (Lipinski definition) is 4. The molecule has 2 heterocycles. The van der Waals surface area contributed by atoms with Gasteiger partial charge in [-0.25, -0.2) is 9.98 Å². The van der Waals surface area contributed by atoms with E-state index in [0.29, 0.717) is 22.9 Å². The highest BCUT2D eigenvalue weighted by atomic mass is 19.4. The molecule has 0 saturated heterocycles. The van der Waals surface area contributed by atoms with Gasteiger partial charge in [-0.2, -0.15) is 13.2 Å². The second-order valence-electron chi connectivity index (χ2n) is 6.59. The van der Waals surface area contributed by atoms with Crippen molar-refractivity contribution in [1.82, 2.24) is 9.55 Å². The topological polar surface area (TPSA) is 51.8 Å². The molecule has 0 bridgehead atoms. The van der Waals surface area contributed by atoms with Crippen LogP contribution in [0.25, 0.3) is 5.69 Å². The van der Waals surface area contributed by atoms with Crippen LogP contribution in [0.4, 0.5) is 13.2 Å². The number of nitrogens with zero attached hydrogens (tertiary/aromatic N) is 4. The summed E-state index contributed by atoms with van der Waals surface area (Å²) in [6.07, 6.45) is -0.813. The zero-order chi connectivity index (χ0) is 20.6.